The maximum atomic E-state index is 13.2. The van der Waals surface area contributed by atoms with Crippen molar-refractivity contribution in [3.05, 3.63) is 64.7 Å². The van der Waals surface area contributed by atoms with Crippen LogP contribution in [0.2, 0.25) is 0 Å². The highest BCUT2D eigenvalue weighted by atomic mass is 19.2. The van der Waals surface area contributed by atoms with Gasteiger partial charge in [-0.3, -0.25) is 4.79 Å². The Morgan fingerprint density at radius 1 is 1.16 bits per heavy atom. The van der Waals surface area contributed by atoms with Gasteiger partial charge in [-0.1, -0.05) is 0 Å². The zero-order valence-corrected chi connectivity index (χ0v) is 13.3. The van der Waals surface area contributed by atoms with E-state index in [9.17, 15) is 18.4 Å². The third-order valence-corrected chi connectivity index (χ3v) is 3.89. The Bertz CT molecular complexity index is 838. The zero-order chi connectivity index (χ0) is 18.0. The number of amides is 1. The minimum atomic E-state index is -1.08. The van der Waals surface area contributed by atoms with Gasteiger partial charge in [0.1, 0.15) is 11.9 Å². The average Bonchev–Trinajstić information content (AvgIpc) is 3.03. The van der Waals surface area contributed by atoms with E-state index in [0.717, 1.165) is 17.7 Å². The van der Waals surface area contributed by atoms with Crippen LogP contribution < -0.4 is 10.1 Å². The summed E-state index contributed by atoms with van der Waals surface area (Å²) < 4.78 is 36.5. The number of carbonyl (C=O) groups excluding carboxylic acids is 2. The van der Waals surface area contributed by atoms with Crippen LogP contribution in [0, 0.1) is 11.6 Å². The molecule has 0 saturated heterocycles. The lowest BCUT2D eigenvalue weighted by Crippen LogP contribution is -2.34. The third-order valence-electron chi connectivity index (χ3n) is 3.89. The van der Waals surface area contributed by atoms with Crippen LogP contribution >= 0.6 is 0 Å². The third kappa shape index (κ3) is 3.60. The smallest absolute Gasteiger partial charge is 0.337 e. The fourth-order valence-electron chi connectivity index (χ4n) is 2.63. The molecule has 5 nitrogen and oxygen atoms in total. The number of ether oxygens (including phenoxy) is 2. The highest BCUT2D eigenvalue weighted by Gasteiger charge is 2.24. The molecule has 1 N–H and O–H groups in total. The maximum absolute atomic E-state index is 13.2. The molecular weight excluding hydrogens is 332 g/mol. The average molecular weight is 347 g/mol. The van der Waals surface area contributed by atoms with Gasteiger partial charge in [0.25, 0.3) is 5.91 Å². The van der Waals surface area contributed by atoms with Gasteiger partial charge in [0, 0.05) is 12.0 Å². The fourth-order valence-corrected chi connectivity index (χ4v) is 2.63. The quantitative estimate of drug-likeness (QED) is 0.863. The molecule has 1 atom stereocenters. The Balaban J connectivity index is 1.60. The van der Waals surface area contributed by atoms with E-state index in [2.05, 4.69) is 10.1 Å². The number of hydrogen-bond acceptors (Lipinski definition) is 4. The Morgan fingerprint density at radius 3 is 2.64 bits per heavy atom. The second kappa shape index (κ2) is 6.88. The number of carbonyl (C=O) groups is 2. The molecule has 0 bridgehead atoms. The summed E-state index contributed by atoms with van der Waals surface area (Å²) in [6, 6.07) is 7.93. The Labute approximate surface area is 142 Å². The van der Waals surface area contributed by atoms with Crippen molar-refractivity contribution in [3.63, 3.8) is 0 Å². The van der Waals surface area contributed by atoms with Gasteiger partial charge in [-0.2, -0.15) is 0 Å². The molecule has 1 amide bonds. The second-order valence-corrected chi connectivity index (χ2v) is 5.60. The zero-order valence-electron chi connectivity index (χ0n) is 13.3. The monoisotopic (exact) mass is 347 g/mol. The van der Waals surface area contributed by atoms with Gasteiger partial charge < -0.3 is 14.8 Å². The number of esters is 1. The van der Waals surface area contributed by atoms with Crippen molar-refractivity contribution in [1.29, 1.82) is 0 Å². The summed E-state index contributed by atoms with van der Waals surface area (Å²) in [4.78, 5) is 23.5. The number of nitrogens with one attached hydrogen (secondary N) is 1. The molecule has 1 aliphatic rings. The van der Waals surface area contributed by atoms with E-state index in [0.29, 0.717) is 17.7 Å². The molecule has 0 spiro atoms. The van der Waals surface area contributed by atoms with Gasteiger partial charge in [0.05, 0.1) is 19.2 Å². The van der Waals surface area contributed by atoms with Crippen LogP contribution in [0.25, 0.3) is 0 Å². The lowest BCUT2D eigenvalue weighted by atomic mass is 10.1. The summed E-state index contributed by atoms with van der Waals surface area (Å²) in [5.74, 6) is -2.40. The Morgan fingerprint density at radius 2 is 1.92 bits per heavy atom. The minimum Gasteiger partial charge on any atom is -0.488 e. The number of methoxy groups -OCH3 is 1. The van der Waals surface area contributed by atoms with E-state index in [1.807, 2.05) is 0 Å². The molecule has 2 aromatic carbocycles. The maximum Gasteiger partial charge on any atom is 0.337 e. The summed E-state index contributed by atoms with van der Waals surface area (Å²) in [5.41, 5.74) is 1.30. The largest absolute Gasteiger partial charge is 0.488 e. The van der Waals surface area contributed by atoms with Crippen LogP contribution in [0.15, 0.2) is 36.4 Å². The molecule has 7 heteroatoms. The second-order valence-electron chi connectivity index (χ2n) is 5.60. The van der Waals surface area contributed by atoms with Crippen LogP contribution in [0.3, 0.4) is 0 Å². The topological polar surface area (TPSA) is 64.6 Å². The summed E-state index contributed by atoms with van der Waals surface area (Å²) in [6.07, 6.45) is 0.204. The first-order chi connectivity index (χ1) is 12.0. The van der Waals surface area contributed by atoms with Gasteiger partial charge in [-0.05, 0) is 42.0 Å². The lowest BCUT2D eigenvalue weighted by Gasteiger charge is -2.12. The van der Waals surface area contributed by atoms with E-state index in [1.165, 1.54) is 13.2 Å². The van der Waals surface area contributed by atoms with Crippen molar-refractivity contribution >= 4 is 11.9 Å². The molecule has 130 valence electrons. The number of rotatable bonds is 4. The van der Waals surface area contributed by atoms with Crippen molar-refractivity contribution < 1.29 is 27.8 Å². The van der Waals surface area contributed by atoms with Crippen LogP contribution in [0.4, 0.5) is 8.78 Å². The summed E-state index contributed by atoms with van der Waals surface area (Å²) in [7, 11) is 1.31. The molecule has 25 heavy (non-hydrogen) atoms. The summed E-state index contributed by atoms with van der Waals surface area (Å²) in [5, 5.41) is 2.63. The van der Waals surface area contributed by atoms with E-state index >= 15 is 0 Å². The van der Waals surface area contributed by atoms with Gasteiger partial charge >= 0.3 is 5.97 Å². The van der Waals surface area contributed by atoms with Gasteiger partial charge in [-0.15, -0.1) is 0 Å². The van der Waals surface area contributed by atoms with Crippen LogP contribution in [0.5, 0.6) is 5.75 Å². The van der Waals surface area contributed by atoms with Gasteiger partial charge in [0.2, 0.25) is 0 Å². The van der Waals surface area contributed by atoms with Crippen LogP contribution in [-0.2, 0) is 11.2 Å². The first-order valence-electron chi connectivity index (χ1n) is 7.59. The summed E-state index contributed by atoms with van der Waals surface area (Å²) >= 11 is 0. The number of halogens is 2. The van der Waals surface area contributed by atoms with Crippen molar-refractivity contribution in [1.82, 2.24) is 5.32 Å². The normalized spacial score (nSPS) is 15.2. The summed E-state index contributed by atoms with van der Waals surface area (Å²) in [6.45, 7) is 0.195. The van der Waals surface area contributed by atoms with E-state index < -0.39 is 23.5 Å². The Hall–Kier alpha value is -2.96. The van der Waals surface area contributed by atoms with Gasteiger partial charge in [-0.25, -0.2) is 13.6 Å². The number of hydrogen-bond donors (Lipinski definition) is 1. The van der Waals surface area contributed by atoms with Crippen molar-refractivity contribution in [2.75, 3.05) is 13.7 Å². The molecule has 0 radical (unpaired) electrons. The number of benzene rings is 2. The molecule has 0 aromatic heterocycles. The number of fused-ring (bicyclic) bond motifs is 1. The van der Waals surface area contributed by atoms with Gasteiger partial charge in [0.15, 0.2) is 11.6 Å². The SMILES string of the molecule is COC(=O)c1ccc2c(c1)C[C@@H](CNC(=O)c1ccc(F)c(F)c1)O2. The van der Waals surface area contributed by atoms with Crippen LogP contribution in [0.1, 0.15) is 26.3 Å². The molecule has 0 unspecified atom stereocenters. The molecule has 0 aliphatic carbocycles. The molecule has 0 saturated carbocycles. The highest BCUT2D eigenvalue weighted by molar-refractivity contribution is 5.94. The van der Waals surface area contributed by atoms with E-state index in [1.54, 1.807) is 18.2 Å². The first-order valence-corrected chi connectivity index (χ1v) is 7.59. The highest BCUT2D eigenvalue weighted by Crippen LogP contribution is 2.29. The predicted octanol–water partition coefficient (Wildman–Crippen LogP) is 2.48. The van der Waals surface area contributed by atoms with Crippen molar-refractivity contribution in [2.45, 2.75) is 12.5 Å². The first kappa shape index (κ1) is 16.9. The molecule has 1 heterocycles. The van der Waals surface area contributed by atoms with E-state index in [-0.39, 0.29) is 18.2 Å². The molecule has 0 fully saturated rings. The minimum absolute atomic E-state index is 0.0300. The van der Waals surface area contributed by atoms with Crippen molar-refractivity contribution in [2.24, 2.45) is 0 Å². The van der Waals surface area contributed by atoms with E-state index in [4.69, 9.17) is 4.74 Å². The molecule has 2 aromatic rings. The van der Waals surface area contributed by atoms with Crippen LogP contribution in [-0.4, -0.2) is 31.6 Å². The molecular formula is C18H15F2NO4. The molecule has 3 rings (SSSR count). The predicted molar refractivity (Wildman–Crippen MR) is 84.6 cm³/mol. The standard InChI is InChI=1S/C18H15F2NO4/c1-24-18(23)11-3-5-16-12(6-11)7-13(25-16)9-21-17(22)10-2-4-14(19)15(20)8-10/h2-6,8,13H,7,9H2,1H3,(H,21,22)/t13-/m0/s1. The lowest BCUT2D eigenvalue weighted by molar-refractivity contribution is 0.0600. The fraction of sp³-hybridized carbons (Fsp3) is 0.222. The van der Waals surface area contributed by atoms with Crippen molar-refractivity contribution in [3.8, 4) is 5.75 Å². The molecule has 1 aliphatic heterocycles. The Kier molecular flexibility index (Phi) is 4.65.